The first kappa shape index (κ1) is 26.0. The Morgan fingerprint density at radius 1 is 0.577 bits per heavy atom. The van der Waals surface area contributed by atoms with E-state index in [1.165, 1.54) is 96.3 Å². The molecule has 158 valence electrons. The van der Waals surface area contributed by atoms with Crippen LogP contribution < -0.4 is 5.73 Å². The average Bonchev–Trinajstić information content (AvgIpc) is 2.64. The fourth-order valence-corrected chi connectivity index (χ4v) is 4.62. The van der Waals surface area contributed by atoms with Crippen LogP contribution in [0.3, 0.4) is 0 Å². The van der Waals surface area contributed by atoms with Crippen LogP contribution in [0.5, 0.6) is 0 Å². The fraction of sp³-hybridized carbons (Fsp3) is 1.00. The summed E-state index contributed by atoms with van der Waals surface area (Å²) in [7, 11) is 0. The van der Waals surface area contributed by atoms with Gasteiger partial charge in [0.2, 0.25) is 0 Å². The van der Waals surface area contributed by atoms with E-state index in [9.17, 15) is 0 Å². The molecule has 1 atom stereocenters. The van der Waals surface area contributed by atoms with Crippen molar-refractivity contribution in [1.82, 2.24) is 0 Å². The number of hydrogen-bond donors (Lipinski definition) is 1. The minimum absolute atomic E-state index is 0.0602. The molecule has 2 N–H and O–H groups in total. The Labute approximate surface area is 167 Å². The number of nitrogens with two attached hydrogens (primary N) is 1. The summed E-state index contributed by atoms with van der Waals surface area (Å²) in [5.41, 5.74) is 6.76. The summed E-state index contributed by atoms with van der Waals surface area (Å²) in [6.45, 7) is 11.6. The van der Waals surface area contributed by atoms with Crippen molar-refractivity contribution in [3.63, 3.8) is 0 Å². The number of unbranched alkanes of at least 4 members (excludes halogenated alkanes) is 13. The SMILES string of the molecule is CCCCCCCCCCCCCCCCC(C(C)C)C(N)(CC)CC. The molecular formula is C25H53N. The van der Waals surface area contributed by atoms with Crippen LogP contribution in [-0.2, 0) is 0 Å². The van der Waals surface area contributed by atoms with Gasteiger partial charge in [-0.05, 0) is 31.1 Å². The van der Waals surface area contributed by atoms with Crippen molar-refractivity contribution >= 4 is 0 Å². The highest BCUT2D eigenvalue weighted by Gasteiger charge is 2.32. The summed E-state index contributed by atoms with van der Waals surface area (Å²) in [5.74, 6) is 1.40. The molecule has 26 heavy (non-hydrogen) atoms. The molecule has 0 aromatic rings. The Morgan fingerprint density at radius 2 is 0.923 bits per heavy atom. The van der Waals surface area contributed by atoms with Gasteiger partial charge in [-0.15, -0.1) is 0 Å². The molecule has 0 aliphatic rings. The zero-order valence-electron chi connectivity index (χ0n) is 19.3. The van der Waals surface area contributed by atoms with Crippen molar-refractivity contribution in [2.45, 2.75) is 149 Å². The molecule has 1 nitrogen and oxygen atoms in total. The van der Waals surface area contributed by atoms with Crippen LogP contribution >= 0.6 is 0 Å². The standard InChI is InChI=1S/C25H53N/c1-6-9-10-11-12-13-14-15-16-17-18-19-20-21-22-24(23(4)5)25(26,7-2)8-3/h23-24H,6-22,26H2,1-5H3. The van der Waals surface area contributed by atoms with Gasteiger partial charge in [0.25, 0.3) is 0 Å². The first-order valence-corrected chi connectivity index (χ1v) is 12.3. The van der Waals surface area contributed by atoms with Crippen LogP contribution in [0.4, 0.5) is 0 Å². The van der Waals surface area contributed by atoms with E-state index >= 15 is 0 Å². The number of rotatable bonds is 19. The lowest BCUT2D eigenvalue weighted by atomic mass is 9.72. The fourth-order valence-electron chi connectivity index (χ4n) is 4.62. The molecule has 0 bridgehead atoms. The van der Waals surface area contributed by atoms with E-state index < -0.39 is 0 Å². The molecule has 0 saturated carbocycles. The van der Waals surface area contributed by atoms with E-state index in [-0.39, 0.29) is 5.54 Å². The average molecular weight is 368 g/mol. The van der Waals surface area contributed by atoms with E-state index in [0.29, 0.717) is 11.8 Å². The van der Waals surface area contributed by atoms with E-state index in [4.69, 9.17) is 5.73 Å². The second-order valence-electron chi connectivity index (χ2n) is 9.18. The highest BCUT2D eigenvalue weighted by atomic mass is 14.8. The van der Waals surface area contributed by atoms with Gasteiger partial charge in [-0.25, -0.2) is 0 Å². The van der Waals surface area contributed by atoms with Gasteiger partial charge in [0.05, 0.1) is 0 Å². The lowest BCUT2D eigenvalue weighted by molar-refractivity contribution is 0.176. The van der Waals surface area contributed by atoms with Gasteiger partial charge in [-0.2, -0.15) is 0 Å². The highest BCUT2D eigenvalue weighted by molar-refractivity contribution is 4.90. The third kappa shape index (κ3) is 12.4. The van der Waals surface area contributed by atoms with Gasteiger partial charge in [0, 0.05) is 5.54 Å². The molecule has 1 heteroatoms. The minimum atomic E-state index is 0.0602. The molecule has 0 saturated heterocycles. The van der Waals surface area contributed by atoms with Crippen molar-refractivity contribution in [2.24, 2.45) is 17.6 Å². The second kappa shape index (κ2) is 17.1. The molecule has 0 aliphatic carbocycles. The van der Waals surface area contributed by atoms with E-state index in [0.717, 1.165) is 12.8 Å². The van der Waals surface area contributed by atoms with Crippen molar-refractivity contribution in [1.29, 1.82) is 0 Å². The lowest BCUT2D eigenvalue weighted by Gasteiger charge is -2.39. The zero-order valence-corrected chi connectivity index (χ0v) is 19.3. The minimum Gasteiger partial charge on any atom is -0.325 e. The maximum absolute atomic E-state index is 6.70. The molecule has 0 aromatic carbocycles. The maximum atomic E-state index is 6.70. The molecule has 0 aliphatic heterocycles. The van der Waals surface area contributed by atoms with Crippen LogP contribution in [0.15, 0.2) is 0 Å². The zero-order chi connectivity index (χ0) is 19.7. The van der Waals surface area contributed by atoms with Crippen molar-refractivity contribution in [2.75, 3.05) is 0 Å². The highest BCUT2D eigenvalue weighted by Crippen LogP contribution is 2.33. The van der Waals surface area contributed by atoms with Gasteiger partial charge in [-0.1, -0.05) is 125 Å². The summed E-state index contributed by atoms with van der Waals surface area (Å²) in [4.78, 5) is 0. The third-order valence-corrected chi connectivity index (χ3v) is 6.73. The molecular weight excluding hydrogens is 314 g/mol. The Bertz CT molecular complexity index is 280. The van der Waals surface area contributed by atoms with Gasteiger partial charge >= 0.3 is 0 Å². The van der Waals surface area contributed by atoms with Gasteiger partial charge < -0.3 is 5.73 Å². The Morgan fingerprint density at radius 3 is 1.23 bits per heavy atom. The largest absolute Gasteiger partial charge is 0.325 e. The predicted octanol–water partition coefficient (Wildman–Crippen LogP) is 8.65. The Balaban J connectivity index is 3.54. The predicted molar refractivity (Wildman–Crippen MR) is 121 cm³/mol. The first-order valence-electron chi connectivity index (χ1n) is 12.3. The lowest BCUT2D eigenvalue weighted by Crippen LogP contribution is -2.48. The van der Waals surface area contributed by atoms with Gasteiger partial charge in [-0.3, -0.25) is 0 Å². The normalized spacial score (nSPS) is 13.5. The van der Waals surface area contributed by atoms with E-state index in [1.807, 2.05) is 0 Å². The quantitative estimate of drug-likeness (QED) is 0.227. The van der Waals surface area contributed by atoms with Gasteiger partial charge in [0.15, 0.2) is 0 Å². The molecule has 0 spiro atoms. The topological polar surface area (TPSA) is 26.0 Å². The van der Waals surface area contributed by atoms with Crippen LogP contribution in [-0.4, -0.2) is 5.54 Å². The van der Waals surface area contributed by atoms with Crippen molar-refractivity contribution in [3.8, 4) is 0 Å². The Kier molecular flexibility index (Phi) is 17.1. The first-order chi connectivity index (χ1) is 12.5. The summed E-state index contributed by atoms with van der Waals surface area (Å²) in [6, 6.07) is 0. The summed E-state index contributed by atoms with van der Waals surface area (Å²) in [6.07, 6.45) is 23.7. The summed E-state index contributed by atoms with van der Waals surface area (Å²) >= 11 is 0. The summed E-state index contributed by atoms with van der Waals surface area (Å²) in [5, 5.41) is 0. The molecule has 0 fully saturated rings. The molecule has 0 aromatic heterocycles. The second-order valence-corrected chi connectivity index (χ2v) is 9.18. The molecule has 0 rings (SSSR count). The smallest absolute Gasteiger partial charge is 0.0180 e. The molecule has 0 amide bonds. The summed E-state index contributed by atoms with van der Waals surface area (Å²) < 4.78 is 0. The molecule has 1 unspecified atom stereocenters. The van der Waals surface area contributed by atoms with E-state index in [1.54, 1.807) is 0 Å². The third-order valence-electron chi connectivity index (χ3n) is 6.73. The van der Waals surface area contributed by atoms with Gasteiger partial charge in [0.1, 0.15) is 0 Å². The van der Waals surface area contributed by atoms with Crippen LogP contribution in [0.25, 0.3) is 0 Å². The maximum Gasteiger partial charge on any atom is 0.0180 e. The molecule has 0 radical (unpaired) electrons. The monoisotopic (exact) mass is 367 g/mol. The van der Waals surface area contributed by atoms with E-state index in [2.05, 4.69) is 34.6 Å². The van der Waals surface area contributed by atoms with Crippen molar-refractivity contribution < 1.29 is 0 Å². The van der Waals surface area contributed by atoms with Crippen LogP contribution in [0, 0.1) is 11.8 Å². The van der Waals surface area contributed by atoms with Crippen LogP contribution in [0.2, 0.25) is 0 Å². The number of hydrogen-bond acceptors (Lipinski definition) is 1. The molecule has 0 heterocycles. The Hall–Kier alpha value is -0.0400. The van der Waals surface area contributed by atoms with Crippen molar-refractivity contribution in [3.05, 3.63) is 0 Å². The van der Waals surface area contributed by atoms with Crippen LogP contribution in [0.1, 0.15) is 144 Å².